The van der Waals surface area contributed by atoms with Crippen molar-refractivity contribution in [2.75, 3.05) is 0 Å². The van der Waals surface area contributed by atoms with Crippen LogP contribution in [0.25, 0.3) is 0 Å². The summed E-state index contributed by atoms with van der Waals surface area (Å²) in [4.78, 5) is 0. The maximum Gasteiger partial charge on any atom is 0.157 e. The second-order valence-electron chi connectivity index (χ2n) is 6.40. The summed E-state index contributed by atoms with van der Waals surface area (Å²) in [6.45, 7) is 4.21. The third kappa shape index (κ3) is 2.16. The van der Waals surface area contributed by atoms with E-state index in [4.69, 9.17) is 4.74 Å². The van der Waals surface area contributed by atoms with Crippen molar-refractivity contribution in [3.05, 3.63) is 12.4 Å². The molecule has 0 amide bonds. The first kappa shape index (κ1) is 13.0. The van der Waals surface area contributed by atoms with Gasteiger partial charge in [-0.25, -0.2) is 0 Å². The molecule has 0 aromatic carbocycles. The Kier molecular flexibility index (Phi) is 3.29. The van der Waals surface area contributed by atoms with Gasteiger partial charge >= 0.3 is 0 Å². The summed E-state index contributed by atoms with van der Waals surface area (Å²) in [5.41, 5.74) is 0.0260. The minimum atomic E-state index is -0.169. The van der Waals surface area contributed by atoms with Gasteiger partial charge in [-0.2, -0.15) is 5.10 Å². The first-order valence-electron chi connectivity index (χ1n) is 7.51. The van der Waals surface area contributed by atoms with Gasteiger partial charge in [0.25, 0.3) is 0 Å². The fraction of sp³-hybridized carbons (Fsp3) is 0.800. The van der Waals surface area contributed by atoms with Gasteiger partial charge in [-0.05, 0) is 26.7 Å². The monoisotopic (exact) mass is 264 g/mol. The molecule has 1 spiro atoms. The number of ether oxygens (including phenoxy) is 1. The molecule has 1 N–H and O–H groups in total. The van der Waals surface area contributed by atoms with Crippen molar-refractivity contribution in [3.8, 4) is 5.75 Å². The minimum absolute atomic E-state index is 0.0260. The highest BCUT2D eigenvalue weighted by atomic mass is 16.5. The van der Waals surface area contributed by atoms with Crippen LogP contribution in [0.5, 0.6) is 5.75 Å². The summed E-state index contributed by atoms with van der Waals surface area (Å²) in [6.07, 6.45) is 10.5. The van der Waals surface area contributed by atoms with Crippen LogP contribution < -0.4 is 4.74 Å². The molecule has 2 atom stereocenters. The summed E-state index contributed by atoms with van der Waals surface area (Å²) >= 11 is 0. The van der Waals surface area contributed by atoms with Crippen molar-refractivity contribution in [1.29, 1.82) is 0 Å². The van der Waals surface area contributed by atoms with Gasteiger partial charge in [-0.1, -0.05) is 19.3 Å². The van der Waals surface area contributed by atoms with Gasteiger partial charge < -0.3 is 9.84 Å². The Labute approximate surface area is 114 Å². The molecular weight excluding hydrogens is 240 g/mol. The van der Waals surface area contributed by atoms with Gasteiger partial charge in [0.2, 0.25) is 0 Å². The van der Waals surface area contributed by atoms with Crippen LogP contribution in [-0.4, -0.2) is 27.1 Å². The standard InChI is InChI=1S/C15H24N2O2/c1-11(2)17-10-12(9-16-17)19-14-8-13(18)15(14)6-4-3-5-7-15/h9-11,13-14,18H,3-8H2,1-2H3. The lowest BCUT2D eigenvalue weighted by Crippen LogP contribution is -2.60. The van der Waals surface area contributed by atoms with Gasteiger partial charge in [-0.3, -0.25) is 4.68 Å². The minimum Gasteiger partial charge on any atom is -0.486 e. The SMILES string of the molecule is CC(C)n1cc(OC2CC(O)C23CCCCC3)cn1. The molecule has 1 heterocycles. The van der Waals surface area contributed by atoms with Crippen LogP contribution in [-0.2, 0) is 0 Å². The van der Waals surface area contributed by atoms with E-state index in [0.29, 0.717) is 6.04 Å². The number of nitrogens with zero attached hydrogens (tertiary/aromatic N) is 2. The molecule has 4 heteroatoms. The van der Waals surface area contributed by atoms with Gasteiger partial charge in [0.1, 0.15) is 6.10 Å². The molecule has 0 aliphatic heterocycles. The number of hydrogen-bond donors (Lipinski definition) is 1. The highest BCUT2D eigenvalue weighted by molar-refractivity contribution is 5.16. The van der Waals surface area contributed by atoms with E-state index in [9.17, 15) is 5.11 Å². The van der Waals surface area contributed by atoms with Crippen LogP contribution in [0.2, 0.25) is 0 Å². The fourth-order valence-electron chi connectivity index (χ4n) is 3.59. The number of aliphatic hydroxyl groups is 1. The number of rotatable bonds is 3. The average molecular weight is 264 g/mol. The van der Waals surface area contributed by atoms with Crippen molar-refractivity contribution < 1.29 is 9.84 Å². The molecule has 0 bridgehead atoms. The van der Waals surface area contributed by atoms with Crippen LogP contribution in [0.4, 0.5) is 0 Å². The second-order valence-corrected chi connectivity index (χ2v) is 6.40. The molecule has 2 unspecified atom stereocenters. The molecule has 19 heavy (non-hydrogen) atoms. The van der Waals surface area contributed by atoms with Crippen molar-refractivity contribution in [3.63, 3.8) is 0 Å². The number of aromatic nitrogens is 2. The topological polar surface area (TPSA) is 47.3 Å². The summed E-state index contributed by atoms with van der Waals surface area (Å²) in [5.74, 6) is 0.843. The van der Waals surface area contributed by atoms with E-state index in [1.807, 2.05) is 10.9 Å². The van der Waals surface area contributed by atoms with E-state index in [0.717, 1.165) is 25.0 Å². The van der Waals surface area contributed by atoms with Gasteiger partial charge in [-0.15, -0.1) is 0 Å². The van der Waals surface area contributed by atoms with E-state index in [-0.39, 0.29) is 17.6 Å². The zero-order chi connectivity index (χ0) is 13.5. The van der Waals surface area contributed by atoms with Gasteiger partial charge in [0.15, 0.2) is 5.75 Å². The van der Waals surface area contributed by atoms with Crippen LogP contribution in [0.1, 0.15) is 58.4 Å². The lowest BCUT2D eigenvalue weighted by molar-refractivity contribution is -0.172. The lowest BCUT2D eigenvalue weighted by Gasteiger charge is -2.54. The van der Waals surface area contributed by atoms with E-state index in [1.54, 1.807) is 6.20 Å². The maximum atomic E-state index is 10.2. The summed E-state index contributed by atoms with van der Waals surface area (Å²) in [7, 11) is 0. The maximum absolute atomic E-state index is 10.2. The zero-order valence-corrected chi connectivity index (χ0v) is 11.9. The Balaban J connectivity index is 1.69. The summed E-state index contributed by atoms with van der Waals surface area (Å²) in [5, 5.41) is 14.5. The predicted molar refractivity (Wildman–Crippen MR) is 73.2 cm³/mol. The Morgan fingerprint density at radius 2 is 2.11 bits per heavy atom. The van der Waals surface area contributed by atoms with Gasteiger partial charge in [0, 0.05) is 17.9 Å². The van der Waals surface area contributed by atoms with Gasteiger partial charge in [0.05, 0.1) is 18.5 Å². The first-order valence-corrected chi connectivity index (χ1v) is 7.51. The zero-order valence-electron chi connectivity index (χ0n) is 11.9. The highest BCUT2D eigenvalue weighted by Crippen LogP contribution is 2.53. The lowest BCUT2D eigenvalue weighted by atomic mass is 9.56. The molecule has 1 aromatic heterocycles. The largest absolute Gasteiger partial charge is 0.486 e. The fourth-order valence-corrected chi connectivity index (χ4v) is 3.59. The Morgan fingerprint density at radius 1 is 1.37 bits per heavy atom. The van der Waals surface area contributed by atoms with Crippen LogP contribution in [0, 0.1) is 5.41 Å². The molecule has 3 rings (SSSR count). The molecule has 0 saturated heterocycles. The molecular formula is C15H24N2O2. The van der Waals surface area contributed by atoms with Crippen molar-refractivity contribution >= 4 is 0 Å². The molecule has 0 radical (unpaired) electrons. The molecule has 2 saturated carbocycles. The summed E-state index contributed by atoms with van der Waals surface area (Å²) < 4.78 is 8.02. The van der Waals surface area contributed by atoms with E-state index >= 15 is 0 Å². The highest BCUT2D eigenvalue weighted by Gasteiger charge is 2.56. The predicted octanol–water partition coefficient (Wildman–Crippen LogP) is 2.93. The second kappa shape index (κ2) is 4.82. The Morgan fingerprint density at radius 3 is 2.68 bits per heavy atom. The smallest absolute Gasteiger partial charge is 0.157 e. The van der Waals surface area contributed by atoms with E-state index < -0.39 is 0 Å². The molecule has 2 fully saturated rings. The van der Waals surface area contributed by atoms with E-state index in [2.05, 4.69) is 18.9 Å². The van der Waals surface area contributed by atoms with Crippen molar-refractivity contribution in [1.82, 2.24) is 9.78 Å². The van der Waals surface area contributed by atoms with Crippen LogP contribution in [0.3, 0.4) is 0 Å². The van der Waals surface area contributed by atoms with Crippen molar-refractivity contribution in [2.45, 2.75) is 70.6 Å². The Bertz CT molecular complexity index is 435. The molecule has 2 aliphatic rings. The normalized spacial score (nSPS) is 29.5. The molecule has 106 valence electrons. The number of aliphatic hydroxyl groups excluding tert-OH is 1. The first-order chi connectivity index (χ1) is 9.12. The molecule has 4 nitrogen and oxygen atoms in total. The summed E-state index contributed by atoms with van der Waals surface area (Å²) in [6, 6.07) is 0.355. The third-order valence-corrected chi connectivity index (χ3v) is 4.91. The molecule has 2 aliphatic carbocycles. The number of hydrogen-bond acceptors (Lipinski definition) is 3. The van der Waals surface area contributed by atoms with Crippen LogP contribution >= 0.6 is 0 Å². The van der Waals surface area contributed by atoms with Crippen LogP contribution in [0.15, 0.2) is 12.4 Å². The molecule has 1 aromatic rings. The third-order valence-electron chi connectivity index (χ3n) is 4.91. The average Bonchev–Trinajstić information content (AvgIpc) is 2.88. The van der Waals surface area contributed by atoms with Crippen molar-refractivity contribution in [2.24, 2.45) is 5.41 Å². The Hall–Kier alpha value is -1.03. The quantitative estimate of drug-likeness (QED) is 0.913. The van der Waals surface area contributed by atoms with E-state index in [1.165, 1.54) is 19.3 Å².